The maximum atomic E-state index is 13.2. The van der Waals surface area contributed by atoms with Crippen molar-refractivity contribution in [2.45, 2.75) is 37.6 Å². The number of hydrogen-bond acceptors (Lipinski definition) is 5. The molecule has 0 saturated carbocycles. The van der Waals surface area contributed by atoms with E-state index in [-0.39, 0.29) is 16.9 Å². The zero-order chi connectivity index (χ0) is 22.1. The van der Waals surface area contributed by atoms with Gasteiger partial charge in [-0.25, -0.2) is 0 Å². The highest BCUT2D eigenvalue weighted by Gasteiger charge is 2.48. The first kappa shape index (κ1) is 20.4. The van der Waals surface area contributed by atoms with Crippen LogP contribution in [0.4, 0.5) is 0 Å². The van der Waals surface area contributed by atoms with E-state index in [1.165, 1.54) is 5.56 Å². The van der Waals surface area contributed by atoms with Gasteiger partial charge in [-0.1, -0.05) is 30.3 Å². The van der Waals surface area contributed by atoms with Crippen LogP contribution >= 0.6 is 0 Å². The van der Waals surface area contributed by atoms with E-state index in [0.29, 0.717) is 31.7 Å². The lowest BCUT2D eigenvalue weighted by molar-refractivity contribution is -0.130. The molecule has 7 nitrogen and oxygen atoms in total. The van der Waals surface area contributed by atoms with Crippen molar-refractivity contribution < 1.29 is 9.53 Å². The third-order valence-electron chi connectivity index (χ3n) is 6.78. The van der Waals surface area contributed by atoms with Gasteiger partial charge in [0, 0.05) is 31.6 Å². The first-order chi connectivity index (χ1) is 15.6. The van der Waals surface area contributed by atoms with Gasteiger partial charge in [0.1, 0.15) is 11.6 Å². The third kappa shape index (κ3) is 3.57. The Labute approximate surface area is 186 Å². The Kier molecular flexibility index (Phi) is 5.25. The topological polar surface area (TPSA) is 77.3 Å². The molecular formula is C25H26N4O3. The summed E-state index contributed by atoms with van der Waals surface area (Å²) in [4.78, 5) is 28.0. The number of likely N-dealkylation sites (tertiary alicyclic amines) is 1. The van der Waals surface area contributed by atoms with Crippen molar-refractivity contribution in [1.29, 1.82) is 0 Å². The molecule has 2 aliphatic heterocycles. The van der Waals surface area contributed by atoms with Gasteiger partial charge in [-0.05, 0) is 49.1 Å². The molecule has 5 rings (SSSR count). The average molecular weight is 431 g/mol. The Bertz CT molecular complexity index is 1190. The molecule has 32 heavy (non-hydrogen) atoms. The number of aryl methyl sites for hydroxylation is 1. The van der Waals surface area contributed by atoms with E-state index in [0.717, 1.165) is 36.4 Å². The molecule has 2 aliphatic rings. The molecule has 1 aromatic heterocycles. The van der Waals surface area contributed by atoms with E-state index in [1.807, 2.05) is 59.5 Å². The molecule has 3 heterocycles. The minimum Gasteiger partial charge on any atom is -0.497 e. The Morgan fingerprint density at radius 2 is 1.78 bits per heavy atom. The quantitative estimate of drug-likeness (QED) is 0.622. The van der Waals surface area contributed by atoms with Gasteiger partial charge in [-0.15, -0.1) is 10.2 Å². The number of ether oxygens (including phenoxy) is 1. The molecule has 0 N–H and O–H groups in total. The molecule has 1 saturated heterocycles. The Morgan fingerprint density at radius 1 is 1.03 bits per heavy atom. The standard InChI is InChI=1S/C25H26N4O3/c1-32-20-10-8-19(9-11-20)22-23(31)29-16-14-25(24(29)27-26-22)13-15-28(17-25)21(30)12-7-18-5-3-2-4-6-18/h2-6,8-11H,7,12-17H2,1H3. The van der Waals surface area contributed by atoms with Crippen molar-refractivity contribution in [3.05, 3.63) is 76.3 Å². The van der Waals surface area contributed by atoms with E-state index < -0.39 is 0 Å². The molecule has 7 heteroatoms. The van der Waals surface area contributed by atoms with E-state index in [4.69, 9.17) is 4.74 Å². The predicted octanol–water partition coefficient (Wildman–Crippen LogP) is 2.82. The SMILES string of the molecule is COc1ccc(-c2nnc3n(c2=O)CCC32CCN(C(=O)CCc3ccccc3)C2)cc1. The van der Waals surface area contributed by atoms with Crippen molar-refractivity contribution in [1.82, 2.24) is 19.7 Å². The first-order valence-electron chi connectivity index (χ1n) is 11.0. The van der Waals surface area contributed by atoms with Crippen LogP contribution in [0, 0.1) is 0 Å². The maximum Gasteiger partial charge on any atom is 0.280 e. The molecule has 0 bridgehead atoms. The fourth-order valence-electron chi connectivity index (χ4n) is 4.91. The number of amides is 1. The second-order valence-electron chi connectivity index (χ2n) is 8.64. The normalized spacial score (nSPS) is 19.3. The van der Waals surface area contributed by atoms with Crippen LogP contribution in [0.25, 0.3) is 11.3 Å². The van der Waals surface area contributed by atoms with Gasteiger partial charge < -0.3 is 9.64 Å². The number of hydrogen-bond donors (Lipinski definition) is 0. The summed E-state index contributed by atoms with van der Waals surface area (Å²) in [5.41, 5.74) is 1.86. The number of benzene rings is 2. The fraction of sp³-hybridized carbons (Fsp3) is 0.360. The summed E-state index contributed by atoms with van der Waals surface area (Å²) in [6.45, 7) is 1.92. The van der Waals surface area contributed by atoms with Crippen molar-refractivity contribution in [2.75, 3.05) is 20.2 Å². The lowest BCUT2D eigenvalue weighted by Crippen LogP contribution is -2.35. The number of methoxy groups -OCH3 is 1. The fourth-order valence-corrected chi connectivity index (χ4v) is 4.91. The molecule has 1 fully saturated rings. The van der Waals surface area contributed by atoms with Crippen LogP contribution < -0.4 is 10.3 Å². The van der Waals surface area contributed by atoms with E-state index in [9.17, 15) is 9.59 Å². The molecule has 164 valence electrons. The summed E-state index contributed by atoms with van der Waals surface area (Å²) in [6.07, 6.45) is 2.87. The van der Waals surface area contributed by atoms with E-state index in [1.54, 1.807) is 11.7 Å². The number of aromatic nitrogens is 3. The second kappa shape index (κ2) is 8.22. The molecule has 1 unspecified atom stereocenters. The molecule has 3 aromatic rings. The van der Waals surface area contributed by atoms with Crippen LogP contribution in [-0.2, 0) is 23.2 Å². The van der Waals surface area contributed by atoms with E-state index >= 15 is 0 Å². The Morgan fingerprint density at radius 3 is 2.53 bits per heavy atom. The van der Waals surface area contributed by atoms with Crippen molar-refractivity contribution in [2.24, 2.45) is 0 Å². The zero-order valence-corrected chi connectivity index (χ0v) is 18.2. The Balaban J connectivity index is 1.33. The predicted molar refractivity (Wildman–Crippen MR) is 121 cm³/mol. The van der Waals surface area contributed by atoms with Gasteiger partial charge in [-0.2, -0.15) is 0 Å². The van der Waals surface area contributed by atoms with Crippen LogP contribution in [0.5, 0.6) is 5.75 Å². The van der Waals surface area contributed by atoms with Crippen LogP contribution in [0.15, 0.2) is 59.4 Å². The molecular weight excluding hydrogens is 404 g/mol. The van der Waals surface area contributed by atoms with Crippen LogP contribution in [0.2, 0.25) is 0 Å². The number of fused-ring (bicyclic) bond motifs is 2. The van der Waals surface area contributed by atoms with Gasteiger partial charge in [-0.3, -0.25) is 14.2 Å². The average Bonchev–Trinajstić information content (AvgIpc) is 3.44. The molecule has 2 aromatic carbocycles. The minimum atomic E-state index is -0.271. The van der Waals surface area contributed by atoms with Crippen LogP contribution in [0.1, 0.15) is 30.7 Å². The van der Waals surface area contributed by atoms with Crippen molar-refractivity contribution in [3.63, 3.8) is 0 Å². The minimum absolute atomic E-state index is 0.120. The summed E-state index contributed by atoms with van der Waals surface area (Å²) >= 11 is 0. The van der Waals surface area contributed by atoms with Crippen LogP contribution in [0.3, 0.4) is 0 Å². The van der Waals surface area contributed by atoms with Gasteiger partial charge in [0.05, 0.1) is 12.5 Å². The number of carbonyl (C=O) groups is 1. The van der Waals surface area contributed by atoms with Gasteiger partial charge in [0.2, 0.25) is 5.91 Å². The summed E-state index contributed by atoms with van der Waals surface area (Å²) in [7, 11) is 1.61. The maximum absolute atomic E-state index is 13.2. The molecule has 1 atom stereocenters. The van der Waals surface area contributed by atoms with Gasteiger partial charge in [0.25, 0.3) is 5.56 Å². The molecule has 0 radical (unpaired) electrons. The first-order valence-corrected chi connectivity index (χ1v) is 11.0. The molecule has 0 aliphatic carbocycles. The van der Waals surface area contributed by atoms with Crippen molar-refractivity contribution >= 4 is 5.91 Å². The highest BCUT2D eigenvalue weighted by Crippen LogP contribution is 2.41. The summed E-state index contributed by atoms with van der Waals surface area (Å²) in [5, 5.41) is 8.82. The number of carbonyl (C=O) groups excluding carboxylic acids is 1. The summed E-state index contributed by atoms with van der Waals surface area (Å²) < 4.78 is 6.95. The highest BCUT2D eigenvalue weighted by atomic mass is 16.5. The second-order valence-corrected chi connectivity index (χ2v) is 8.64. The number of nitrogens with zero attached hydrogens (tertiary/aromatic N) is 4. The Hall–Kier alpha value is -3.48. The van der Waals surface area contributed by atoms with Crippen LogP contribution in [-0.4, -0.2) is 45.8 Å². The number of rotatable bonds is 5. The molecule has 1 spiro atoms. The smallest absolute Gasteiger partial charge is 0.280 e. The zero-order valence-electron chi connectivity index (χ0n) is 18.2. The third-order valence-corrected chi connectivity index (χ3v) is 6.78. The van der Waals surface area contributed by atoms with Gasteiger partial charge in [0.15, 0.2) is 5.69 Å². The van der Waals surface area contributed by atoms with Crippen molar-refractivity contribution in [3.8, 4) is 17.0 Å². The monoisotopic (exact) mass is 430 g/mol. The van der Waals surface area contributed by atoms with Gasteiger partial charge >= 0.3 is 0 Å². The highest BCUT2D eigenvalue weighted by molar-refractivity contribution is 5.77. The summed E-state index contributed by atoms with van der Waals surface area (Å²) in [5.74, 6) is 1.61. The summed E-state index contributed by atoms with van der Waals surface area (Å²) in [6, 6.07) is 17.3. The van der Waals surface area contributed by atoms with E-state index in [2.05, 4.69) is 10.2 Å². The largest absolute Gasteiger partial charge is 0.497 e. The lowest BCUT2D eigenvalue weighted by Gasteiger charge is -2.23. The molecule has 1 amide bonds. The lowest BCUT2D eigenvalue weighted by atomic mass is 9.85.